The van der Waals surface area contributed by atoms with Gasteiger partial charge in [0, 0.05) is 18.9 Å². The van der Waals surface area contributed by atoms with Crippen molar-refractivity contribution in [1.82, 2.24) is 9.78 Å². The summed E-state index contributed by atoms with van der Waals surface area (Å²) >= 11 is 0. The summed E-state index contributed by atoms with van der Waals surface area (Å²) in [7, 11) is 1.62. The highest BCUT2D eigenvalue weighted by Crippen LogP contribution is 2.16. The third-order valence-corrected chi connectivity index (χ3v) is 4.28. The Labute approximate surface area is 140 Å². The molecule has 0 amide bonds. The fourth-order valence-electron chi connectivity index (χ4n) is 3.01. The molecule has 4 nitrogen and oxygen atoms in total. The lowest BCUT2D eigenvalue weighted by Gasteiger charge is -2.09. The highest BCUT2D eigenvalue weighted by atomic mass is 16.1. The van der Waals surface area contributed by atoms with Gasteiger partial charge >= 0.3 is 0 Å². The molecule has 0 bridgehead atoms. The van der Waals surface area contributed by atoms with Gasteiger partial charge in [-0.05, 0) is 31.0 Å². The minimum Gasteiger partial charge on any atom is -0.299 e. The monoisotopic (exact) mass is 320 g/mol. The van der Waals surface area contributed by atoms with Crippen molar-refractivity contribution in [2.75, 3.05) is 0 Å². The van der Waals surface area contributed by atoms with Crippen molar-refractivity contribution in [3.8, 4) is 0 Å². The molecular formula is C20H20N2O2. The quantitative estimate of drug-likeness (QED) is 0.743. The minimum atomic E-state index is -0.142. The molecule has 0 aliphatic heterocycles. The molecule has 0 atom stereocenters. The summed E-state index contributed by atoms with van der Waals surface area (Å²) in [6.45, 7) is 4.06. The number of ketones is 1. The lowest BCUT2D eigenvalue weighted by Crippen LogP contribution is -2.22. The number of fused-ring (bicyclic) bond motifs is 1. The van der Waals surface area contributed by atoms with Crippen molar-refractivity contribution in [3.05, 3.63) is 75.2 Å². The number of aryl methyl sites for hydroxylation is 3. The van der Waals surface area contributed by atoms with E-state index in [-0.39, 0.29) is 17.8 Å². The molecule has 0 radical (unpaired) electrons. The van der Waals surface area contributed by atoms with E-state index < -0.39 is 0 Å². The topological polar surface area (TPSA) is 52.0 Å². The molecule has 4 heteroatoms. The molecule has 0 unspecified atom stereocenters. The molecule has 24 heavy (non-hydrogen) atoms. The van der Waals surface area contributed by atoms with E-state index in [1.54, 1.807) is 13.1 Å². The smallest absolute Gasteiger partial charge is 0.274 e. The fraction of sp³-hybridized carbons (Fsp3) is 0.250. The number of hydrogen-bond acceptors (Lipinski definition) is 3. The van der Waals surface area contributed by atoms with Crippen molar-refractivity contribution in [2.24, 2.45) is 7.05 Å². The number of benzene rings is 2. The first-order valence-corrected chi connectivity index (χ1v) is 7.98. The molecular weight excluding hydrogens is 300 g/mol. The van der Waals surface area contributed by atoms with Crippen LogP contribution in [0.1, 0.15) is 22.4 Å². The summed E-state index contributed by atoms with van der Waals surface area (Å²) in [5.74, 6) is 0.0956. The maximum atomic E-state index is 12.5. The lowest BCUT2D eigenvalue weighted by atomic mass is 9.98. The zero-order chi connectivity index (χ0) is 17.3. The highest BCUT2D eigenvalue weighted by Gasteiger charge is 2.13. The first-order chi connectivity index (χ1) is 11.5. The van der Waals surface area contributed by atoms with E-state index in [0.717, 1.165) is 16.5 Å². The average Bonchev–Trinajstić information content (AvgIpc) is 2.55. The Hall–Kier alpha value is -2.75. The van der Waals surface area contributed by atoms with E-state index in [2.05, 4.69) is 11.2 Å². The van der Waals surface area contributed by atoms with E-state index >= 15 is 0 Å². The summed E-state index contributed by atoms with van der Waals surface area (Å²) in [5, 5.41) is 5.66. The Morgan fingerprint density at radius 1 is 1.04 bits per heavy atom. The Kier molecular flexibility index (Phi) is 4.30. The van der Waals surface area contributed by atoms with Gasteiger partial charge in [0.2, 0.25) is 0 Å². The Morgan fingerprint density at radius 3 is 2.46 bits per heavy atom. The first kappa shape index (κ1) is 16.1. The molecule has 0 spiro atoms. The third-order valence-electron chi connectivity index (χ3n) is 4.28. The normalized spacial score (nSPS) is 11.0. The largest absolute Gasteiger partial charge is 0.299 e. The molecule has 0 saturated heterocycles. The standard InChI is InChI=1S/C20H20N2O2/c1-13-8-9-15(14(2)10-13)11-16(23)12-19-17-6-4-5-7-18(17)20(24)22(3)21-19/h4-10H,11-12H2,1-3H3. The molecule has 0 aliphatic carbocycles. The maximum absolute atomic E-state index is 12.5. The molecule has 0 aliphatic rings. The zero-order valence-corrected chi connectivity index (χ0v) is 14.2. The van der Waals surface area contributed by atoms with E-state index in [4.69, 9.17) is 0 Å². The fourth-order valence-corrected chi connectivity index (χ4v) is 3.01. The summed E-state index contributed by atoms with van der Waals surface area (Å²) in [4.78, 5) is 24.7. The summed E-state index contributed by atoms with van der Waals surface area (Å²) in [5.41, 5.74) is 3.87. The Bertz CT molecular complexity index is 987. The molecule has 0 fully saturated rings. The molecule has 3 rings (SSSR count). The van der Waals surface area contributed by atoms with E-state index in [0.29, 0.717) is 17.5 Å². The van der Waals surface area contributed by atoms with Crippen molar-refractivity contribution < 1.29 is 4.79 Å². The van der Waals surface area contributed by atoms with E-state index in [1.165, 1.54) is 10.2 Å². The van der Waals surface area contributed by atoms with Gasteiger partial charge in [0.05, 0.1) is 17.5 Å². The molecule has 0 N–H and O–H groups in total. The molecule has 122 valence electrons. The number of hydrogen-bond donors (Lipinski definition) is 0. The number of Topliss-reactive ketones (excluding diaryl/α,β-unsaturated/α-hetero) is 1. The maximum Gasteiger partial charge on any atom is 0.274 e. The van der Waals surface area contributed by atoms with E-state index in [1.807, 2.05) is 44.2 Å². The number of rotatable bonds is 4. The van der Waals surface area contributed by atoms with Gasteiger partial charge in [0.1, 0.15) is 5.78 Å². The average molecular weight is 320 g/mol. The second-order valence-electron chi connectivity index (χ2n) is 6.24. The van der Waals surface area contributed by atoms with Crippen LogP contribution in [0.5, 0.6) is 0 Å². The van der Waals surface area contributed by atoms with Crippen LogP contribution in [-0.4, -0.2) is 15.6 Å². The molecule has 0 saturated carbocycles. The van der Waals surface area contributed by atoms with Crippen molar-refractivity contribution >= 4 is 16.6 Å². The number of aromatic nitrogens is 2. The van der Waals surface area contributed by atoms with Gasteiger partial charge in [0.15, 0.2) is 0 Å². The van der Waals surface area contributed by atoms with Gasteiger partial charge in [-0.2, -0.15) is 5.10 Å². The Morgan fingerprint density at radius 2 is 1.75 bits per heavy atom. The van der Waals surface area contributed by atoms with Crippen LogP contribution < -0.4 is 5.56 Å². The van der Waals surface area contributed by atoms with Gasteiger partial charge in [-0.3, -0.25) is 9.59 Å². The van der Waals surface area contributed by atoms with Crippen molar-refractivity contribution in [1.29, 1.82) is 0 Å². The molecule has 1 aromatic heterocycles. The second kappa shape index (κ2) is 6.40. The van der Waals surface area contributed by atoms with Crippen LogP contribution in [0.3, 0.4) is 0 Å². The van der Waals surface area contributed by atoms with Gasteiger partial charge in [-0.15, -0.1) is 0 Å². The predicted octanol–water partition coefficient (Wildman–Crippen LogP) is 2.90. The number of nitrogens with zero attached hydrogens (tertiary/aromatic N) is 2. The van der Waals surface area contributed by atoms with Gasteiger partial charge in [-0.25, -0.2) is 4.68 Å². The van der Waals surface area contributed by atoms with Crippen molar-refractivity contribution in [3.63, 3.8) is 0 Å². The molecule has 1 heterocycles. The van der Waals surface area contributed by atoms with E-state index in [9.17, 15) is 9.59 Å². The Balaban J connectivity index is 1.91. The van der Waals surface area contributed by atoms with Crippen LogP contribution in [-0.2, 0) is 24.7 Å². The highest BCUT2D eigenvalue weighted by molar-refractivity contribution is 5.90. The van der Waals surface area contributed by atoms with Gasteiger partial charge < -0.3 is 0 Å². The molecule has 2 aromatic carbocycles. The van der Waals surface area contributed by atoms with Crippen LogP contribution in [0.15, 0.2) is 47.3 Å². The summed E-state index contributed by atoms with van der Waals surface area (Å²) in [6.07, 6.45) is 0.604. The zero-order valence-electron chi connectivity index (χ0n) is 14.2. The third kappa shape index (κ3) is 3.13. The van der Waals surface area contributed by atoms with Crippen molar-refractivity contribution in [2.45, 2.75) is 26.7 Å². The summed E-state index contributed by atoms with van der Waals surface area (Å²) < 4.78 is 1.31. The van der Waals surface area contributed by atoms with Crippen LogP contribution in [0.4, 0.5) is 0 Å². The van der Waals surface area contributed by atoms with Crippen LogP contribution in [0, 0.1) is 13.8 Å². The molecule has 3 aromatic rings. The first-order valence-electron chi connectivity index (χ1n) is 7.98. The SMILES string of the molecule is Cc1ccc(CC(=O)Cc2nn(C)c(=O)c3ccccc23)c(C)c1. The number of carbonyl (C=O) groups is 1. The van der Waals surface area contributed by atoms with Crippen LogP contribution >= 0.6 is 0 Å². The van der Waals surface area contributed by atoms with Crippen LogP contribution in [0.25, 0.3) is 10.8 Å². The number of carbonyl (C=O) groups excluding carboxylic acids is 1. The lowest BCUT2D eigenvalue weighted by molar-refractivity contribution is -0.117. The van der Waals surface area contributed by atoms with Crippen LogP contribution in [0.2, 0.25) is 0 Å². The second-order valence-corrected chi connectivity index (χ2v) is 6.24. The minimum absolute atomic E-state index is 0.0956. The van der Waals surface area contributed by atoms with Gasteiger partial charge in [-0.1, -0.05) is 42.0 Å². The summed E-state index contributed by atoms with van der Waals surface area (Å²) in [6, 6.07) is 13.4. The van der Waals surface area contributed by atoms with Gasteiger partial charge in [0.25, 0.3) is 5.56 Å². The predicted molar refractivity (Wildman–Crippen MR) is 95.3 cm³/mol.